The minimum absolute atomic E-state index is 0.169. The van der Waals surface area contributed by atoms with Crippen LogP contribution < -0.4 is 10.1 Å². The predicted octanol–water partition coefficient (Wildman–Crippen LogP) is 3.12. The van der Waals surface area contributed by atoms with E-state index >= 15 is 0 Å². The van der Waals surface area contributed by atoms with Crippen LogP contribution in [0.2, 0.25) is 0 Å². The summed E-state index contributed by atoms with van der Waals surface area (Å²) < 4.78 is 7.49. The molecule has 0 amide bonds. The van der Waals surface area contributed by atoms with E-state index in [1.165, 1.54) is 0 Å². The molecule has 1 aliphatic heterocycles. The van der Waals surface area contributed by atoms with Gasteiger partial charge in [-0.3, -0.25) is 4.79 Å². The maximum atomic E-state index is 12.6. The van der Waals surface area contributed by atoms with E-state index < -0.39 is 0 Å². The molecule has 1 aromatic heterocycles. The molecule has 1 atom stereocenters. The number of ether oxygens (including phenoxy) is 1. The molecular formula is C19H23N5O2. The van der Waals surface area contributed by atoms with Gasteiger partial charge in [-0.2, -0.15) is 4.68 Å². The lowest BCUT2D eigenvalue weighted by Gasteiger charge is -2.31. The number of nitrogens with zero attached hydrogens (tertiary/aromatic N) is 4. The Morgan fingerprint density at radius 2 is 2.08 bits per heavy atom. The summed E-state index contributed by atoms with van der Waals surface area (Å²) in [5.41, 5.74) is 2.72. The van der Waals surface area contributed by atoms with Gasteiger partial charge in [-0.25, -0.2) is 0 Å². The first-order valence-electron chi connectivity index (χ1n) is 9.17. The average molecular weight is 353 g/mol. The summed E-state index contributed by atoms with van der Waals surface area (Å²) in [6.07, 6.45) is 3.31. The first kappa shape index (κ1) is 16.8. The van der Waals surface area contributed by atoms with Crippen molar-refractivity contribution < 1.29 is 9.53 Å². The molecule has 1 aliphatic carbocycles. The van der Waals surface area contributed by atoms with E-state index in [-0.39, 0.29) is 11.8 Å². The summed E-state index contributed by atoms with van der Waals surface area (Å²) in [4.78, 5) is 12.6. The molecule has 7 nitrogen and oxygen atoms in total. The van der Waals surface area contributed by atoms with Crippen LogP contribution in [-0.4, -0.2) is 32.6 Å². The van der Waals surface area contributed by atoms with Crippen LogP contribution >= 0.6 is 0 Å². The van der Waals surface area contributed by atoms with E-state index in [0.717, 1.165) is 41.8 Å². The highest BCUT2D eigenvalue weighted by molar-refractivity contribution is 5.99. The topological polar surface area (TPSA) is 81.9 Å². The van der Waals surface area contributed by atoms with Gasteiger partial charge < -0.3 is 10.1 Å². The molecule has 0 fully saturated rings. The number of fused-ring (bicyclic) bond motifs is 1. The molecule has 2 aliphatic rings. The van der Waals surface area contributed by atoms with Crippen molar-refractivity contribution in [2.45, 2.75) is 45.6 Å². The highest BCUT2D eigenvalue weighted by Gasteiger charge is 2.36. The third-order valence-corrected chi connectivity index (χ3v) is 4.89. The molecule has 2 aromatic rings. The second kappa shape index (κ2) is 6.90. The fourth-order valence-electron chi connectivity index (χ4n) is 3.48. The summed E-state index contributed by atoms with van der Waals surface area (Å²) in [6.45, 7) is 5.06. The first-order valence-corrected chi connectivity index (χ1v) is 9.17. The van der Waals surface area contributed by atoms with Gasteiger partial charge in [0.2, 0.25) is 5.95 Å². The second-order valence-corrected chi connectivity index (χ2v) is 7.24. The minimum atomic E-state index is -0.284. The number of rotatable bonds is 5. The van der Waals surface area contributed by atoms with E-state index in [2.05, 4.69) is 34.7 Å². The van der Waals surface area contributed by atoms with E-state index in [0.29, 0.717) is 24.9 Å². The zero-order valence-corrected chi connectivity index (χ0v) is 15.1. The number of carbonyl (C=O) groups is 1. The monoisotopic (exact) mass is 353 g/mol. The van der Waals surface area contributed by atoms with Crippen molar-refractivity contribution in [1.29, 1.82) is 0 Å². The van der Waals surface area contributed by atoms with Gasteiger partial charge >= 0.3 is 0 Å². The molecule has 0 saturated carbocycles. The number of Topliss-reactive ketones (excluding diaryl/α,β-unsaturated/α-hetero) is 1. The standard InChI is InChI=1S/C19H23N5O2/c1-12(2)10-11-26-14-8-6-13(7-9-14)18-17-15(4-3-5-16(17)25)20-19-21-22-23-24(18)19/h6-9,12,18H,3-5,10-11H2,1-2H3,(H,20,21,23). The number of tetrazole rings is 1. The summed E-state index contributed by atoms with van der Waals surface area (Å²) in [5.74, 6) is 2.21. The van der Waals surface area contributed by atoms with Crippen molar-refractivity contribution >= 4 is 11.7 Å². The molecule has 0 saturated heterocycles. The molecular weight excluding hydrogens is 330 g/mol. The number of carbonyl (C=O) groups excluding carboxylic acids is 1. The van der Waals surface area contributed by atoms with Crippen LogP contribution in [0, 0.1) is 5.92 Å². The number of nitrogens with one attached hydrogen (secondary N) is 1. The Balaban J connectivity index is 1.63. The Morgan fingerprint density at radius 3 is 2.85 bits per heavy atom. The van der Waals surface area contributed by atoms with Crippen LogP contribution in [-0.2, 0) is 4.79 Å². The van der Waals surface area contributed by atoms with Crippen molar-refractivity contribution in [2.75, 3.05) is 11.9 Å². The quantitative estimate of drug-likeness (QED) is 0.889. The molecule has 1 unspecified atom stereocenters. The maximum Gasteiger partial charge on any atom is 0.248 e. The average Bonchev–Trinajstić information content (AvgIpc) is 3.09. The molecule has 1 aromatic carbocycles. The number of allylic oxidation sites excluding steroid dienone is 2. The van der Waals surface area contributed by atoms with Gasteiger partial charge in [-0.05, 0) is 53.3 Å². The van der Waals surface area contributed by atoms with Gasteiger partial charge in [0.25, 0.3) is 0 Å². The van der Waals surface area contributed by atoms with Crippen LogP contribution in [0.5, 0.6) is 5.75 Å². The molecule has 0 radical (unpaired) electrons. The van der Waals surface area contributed by atoms with Crippen molar-refractivity contribution in [3.05, 3.63) is 41.1 Å². The summed E-state index contributed by atoms with van der Waals surface area (Å²) in [5, 5.41) is 15.1. The molecule has 7 heteroatoms. The Morgan fingerprint density at radius 1 is 1.27 bits per heavy atom. The maximum absolute atomic E-state index is 12.6. The van der Waals surface area contributed by atoms with Gasteiger partial charge in [-0.15, -0.1) is 0 Å². The van der Waals surface area contributed by atoms with E-state index in [1.54, 1.807) is 4.68 Å². The normalized spacial score (nSPS) is 19.2. The predicted molar refractivity (Wildman–Crippen MR) is 96.9 cm³/mol. The summed E-state index contributed by atoms with van der Waals surface area (Å²) in [6, 6.07) is 7.62. The lowest BCUT2D eigenvalue weighted by atomic mass is 9.85. The first-order chi connectivity index (χ1) is 12.6. The Kier molecular flexibility index (Phi) is 4.44. The van der Waals surface area contributed by atoms with Crippen LogP contribution in [0.4, 0.5) is 5.95 Å². The molecule has 26 heavy (non-hydrogen) atoms. The van der Waals surface area contributed by atoms with E-state index in [9.17, 15) is 4.79 Å². The molecule has 4 rings (SSSR count). The molecule has 2 heterocycles. The number of hydrogen-bond donors (Lipinski definition) is 1. The number of ketones is 1. The largest absolute Gasteiger partial charge is 0.494 e. The fraction of sp³-hybridized carbons (Fsp3) is 0.474. The molecule has 0 bridgehead atoms. The minimum Gasteiger partial charge on any atom is -0.494 e. The van der Waals surface area contributed by atoms with Gasteiger partial charge in [0.05, 0.1) is 6.61 Å². The van der Waals surface area contributed by atoms with Gasteiger partial charge in [0.15, 0.2) is 5.78 Å². The summed E-state index contributed by atoms with van der Waals surface area (Å²) in [7, 11) is 0. The lowest BCUT2D eigenvalue weighted by molar-refractivity contribution is -0.116. The number of benzene rings is 1. The smallest absolute Gasteiger partial charge is 0.248 e. The van der Waals surface area contributed by atoms with E-state index in [4.69, 9.17) is 4.74 Å². The van der Waals surface area contributed by atoms with Crippen LogP contribution in [0.25, 0.3) is 0 Å². The van der Waals surface area contributed by atoms with Crippen molar-refractivity contribution in [1.82, 2.24) is 20.2 Å². The highest BCUT2D eigenvalue weighted by Crippen LogP contribution is 2.39. The van der Waals surface area contributed by atoms with Crippen molar-refractivity contribution in [3.63, 3.8) is 0 Å². The Labute approximate surface area is 152 Å². The SMILES string of the molecule is CC(C)CCOc1ccc(C2C3=C(CCCC3=O)Nc3nnnn32)cc1. The van der Waals surface area contributed by atoms with Crippen LogP contribution in [0.1, 0.15) is 51.1 Å². The zero-order valence-electron chi connectivity index (χ0n) is 15.1. The number of aromatic nitrogens is 4. The van der Waals surface area contributed by atoms with Crippen LogP contribution in [0.15, 0.2) is 35.5 Å². The van der Waals surface area contributed by atoms with Crippen molar-refractivity contribution in [3.8, 4) is 5.75 Å². The summed E-state index contributed by atoms with van der Waals surface area (Å²) >= 11 is 0. The van der Waals surface area contributed by atoms with Crippen LogP contribution in [0.3, 0.4) is 0 Å². The van der Waals surface area contributed by atoms with Gasteiger partial charge in [-0.1, -0.05) is 31.1 Å². The second-order valence-electron chi connectivity index (χ2n) is 7.24. The Bertz CT molecular complexity index is 838. The lowest BCUT2D eigenvalue weighted by Crippen LogP contribution is -2.31. The molecule has 1 N–H and O–H groups in total. The van der Waals surface area contributed by atoms with Crippen molar-refractivity contribution in [2.24, 2.45) is 5.92 Å². The third-order valence-electron chi connectivity index (χ3n) is 4.89. The zero-order chi connectivity index (χ0) is 18.1. The molecule has 136 valence electrons. The highest BCUT2D eigenvalue weighted by atomic mass is 16.5. The third kappa shape index (κ3) is 3.09. The number of hydrogen-bond acceptors (Lipinski definition) is 6. The van der Waals surface area contributed by atoms with Gasteiger partial charge in [0, 0.05) is 17.7 Å². The van der Waals surface area contributed by atoms with Gasteiger partial charge in [0.1, 0.15) is 11.8 Å². The molecule has 0 spiro atoms. The fourth-order valence-corrected chi connectivity index (χ4v) is 3.48. The Hall–Kier alpha value is -2.70. The van der Waals surface area contributed by atoms with E-state index in [1.807, 2.05) is 24.3 Å². The number of anilines is 1.